The fourth-order valence-corrected chi connectivity index (χ4v) is 7.46. The Morgan fingerprint density at radius 1 is 1.00 bits per heavy atom. The first-order chi connectivity index (χ1) is 18.4. The Hall–Kier alpha value is -2.70. The number of benzene rings is 3. The molecule has 198 valence electrons. The van der Waals surface area contributed by atoms with Crippen molar-refractivity contribution in [2.75, 3.05) is 26.2 Å². The van der Waals surface area contributed by atoms with Gasteiger partial charge < -0.3 is 11.1 Å². The minimum atomic E-state index is -1.62. The number of nitrogens with zero attached hydrogens (tertiary/aromatic N) is 1. The molecular formula is C31H33Cl2N3O2. The number of likely N-dealkylation sites (N-methyl/N-ethyl adjacent to an activating group) is 1. The zero-order valence-corrected chi connectivity index (χ0v) is 23.0. The van der Waals surface area contributed by atoms with Gasteiger partial charge in [-0.25, -0.2) is 0 Å². The summed E-state index contributed by atoms with van der Waals surface area (Å²) in [6.07, 6.45) is 1.35. The summed E-state index contributed by atoms with van der Waals surface area (Å²) in [6, 6.07) is 24.8. The van der Waals surface area contributed by atoms with Crippen LogP contribution in [0.4, 0.5) is 0 Å². The molecule has 2 aliphatic rings. The van der Waals surface area contributed by atoms with Crippen molar-refractivity contribution in [3.8, 4) is 0 Å². The van der Waals surface area contributed by atoms with Gasteiger partial charge in [-0.15, -0.1) is 0 Å². The van der Waals surface area contributed by atoms with Crippen LogP contribution < -0.4 is 11.1 Å². The minimum absolute atomic E-state index is 0.146. The maximum atomic E-state index is 14.6. The van der Waals surface area contributed by atoms with Crippen molar-refractivity contribution in [3.63, 3.8) is 0 Å². The van der Waals surface area contributed by atoms with Crippen LogP contribution in [0.3, 0.4) is 0 Å². The fraction of sp³-hybridized carbons (Fsp3) is 0.355. The van der Waals surface area contributed by atoms with Crippen LogP contribution in [-0.2, 0) is 26.8 Å². The molecule has 0 saturated carbocycles. The SMILES string of the molecule is CCN1CC(=O)C(C(N)=O)(c2ccccc2)C(Cc2ccccc2)(c2ccc(Cl)c(Cl)c2)C1C1CCNC1. The van der Waals surface area contributed by atoms with Crippen molar-refractivity contribution in [2.45, 2.75) is 36.6 Å². The summed E-state index contributed by atoms with van der Waals surface area (Å²) in [5.41, 5.74) is 6.20. The number of piperidine rings is 1. The van der Waals surface area contributed by atoms with E-state index in [1.807, 2.05) is 60.7 Å². The van der Waals surface area contributed by atoms with Crippen molar-refractivity contribution in [2.24, 2.45) is 11.7 Å². The molecule has 2 fully saturated rings. The zero-order valence-electron chi connectivity index (χ0n) is 21.5. The van der Waals surface area contributed by atoms with E-state index in [9.17, 15) is 9.59 Å². The molecule has 5 rings (SSSR count). The Bertz CT molecular complexity index is 1310. The van der Waals surface area contributed by atoms with E-state index in [1.165, 1.54) is 0 Å². The number of amides is 1. The van der Waals surface area contributed by atoms with Crippen molar-refractivity contribution in [1.29, 1.82) is 0 Å². The maximum absolute atomic E-state index is 14.6. The number of hydrogen-bond donors (Lipinski definition) is 2. The number of Topliss-reactive ketones (excluding diaryl/α,β-unsaturated/α-hetero) is 1. The Kier molecular flexibility index (Phi) is 7.65. The van der Waals surface area contributed by atoms with E-state index in [4.69, 9.17) is 28.9 Å². The Labute approximate surface area is 234 Å². The summed E-state index contributed by atoms with van der Waals surface area (Å²) in [5.74, 6) is -0.645. The monoisotopic (exact) mass is 549 g/mol. The molecule has 3 aromatic rings. The topological polar surface area (TPSA) is 75.4 Å². The first kappa shape index (κ1) is 26.9. The molecule has 2 aliphatic heterocycles. The number of primary amides is 1. The summed E-state index contributed by atoms with van der Waals surface area (Å²) in [5, 5.41) is 4.32. The lowest BCUT2D eigenvalue weighted by molar-refractivity contribution is -0.150. The van der Waals surface area contributed by atoms with Gasteiger partial charge in [0.1, 0.15) is 5.41 Å². The third-order valence-corrected chi connectivity index (χ3v) is 9.36. The molecule has 3 aromatic carbocycles. The third kappa shape index (κ3) is 4.17. The summed E-state index contributed by atoms with van der Waals surface area (Å²) in [7, 11) is 0. The molecule has 7 heteroatoms. The lowest BCUT2D eigenvalue weighted by atomic mass is 9.46. The number of likely N-dealkylation sites (tertiary alicyclic amines) is 1. The van der Waals surface area contributed by atoms with Crippen molar-refractivity contribution < 1.29 is 9.59 Å². The molecular weight excluding hydrogens is 517 g/mol. The van der Waals surface area contributed by atoms with Crippen LogP contribution in [0, 0.1) is 5.92 Å². The van der Waals surface area contributed by atoms with Crippen molar-refractivity contribution in [3.05, 3.63) is 106 Å². The molecule has 0 radical (unpaired) electrons. The lowest BCUT2D eigenvalue weighted by Gasteiger charge is -2.60. The van der Waals surface area contributed by atoms with Gasteiger partial charge in [0.2, 0.25) is 5.91 Å². The van der Waals surface area contributed by atoms with Gasteiger partial charge in [0.05, 0.1) is 16.6 Å². The first-order valence-electron chi connectivity index (χ1n) is 13.2. The molecule has 3 N–H and O–H groups in total. The second-order valence-electron chi connectivity index (χ2n) is 10.4. The van der Waals surface area contributed by atoms with Crippen LogP contribution in [0.2, 0.25) is 10.0 Å². The van der Waals surface area contributed by atoms with Crippen LogP contribution >= 0.6 is 23.2 Å². The van der Waals surface area contributed by atoms with Gasteiger partial charge in [-0.2, -0.15) is 0 Å². The highest BCUT2D eigenvalue weighted by Crippen LogP contribution is 2.56. The number of rotatable bonds is 7. The van der Waals surface area contributed by atoms with Crippen LogP contribution in [-0.4, -0.2) is 48.8 Å². The second kappa shape index (κ2) is 10.8. The third-order valence-electron chi connectivity index (χ3n) is 8.62. The highest BCUT2D eigenvalue weighted by molar-refractivity contribution is 6.42. The van der Waals surface area contributed by atoms with Gasteiger partial charge in [-0.3, -0.25) is 14.5 Å². The van der Waals surface area contributed by atoms with Crippen molar-refractivity contribution in [1.82, 2.24) is 10.2 Å². The molecule has 2 heterocycles. The van der Waals surface area contributed by atoms with E-state index < -0.39 is 16.7 Å². The summed E-state index contributed by atoms with van der Waals surface area (Å²) in [4.78, 5) is 30.9. The van der Waals surface area contributed by atoms with E-state index in [0.29, 0.717) is 28.6 Å². The minimum Gasteiger partial charge on any atom is -0.368 e. The fourth-order valence-electron chi connectivity index (χ4n) is 7.16. The highest BCUT2D eigenvalue weighted by Gasteiger charge is 2.69. The predicted molar refractivity (Wildman–Crippen MR) is 153 cm³/mol. The van der Waals surface area contributed by atoms with Gasteiger partial charge in [-0.1, -0.05) is 96.9 Å². The number of halogens is 2. The molecule has 4 atom stereocenters. The number of hydrogen-bond acceptors (Lipinski definition) is 4. The normalized spacial score (nSPS) is 27.9. The van der Waals surface area contributed by atoms with Gasteiger partial charge in [-0.05, 0) is 67.2 Å². The van der Waals surface area contributed by atoms with E-state index in [2.05, 4.69) is 29.3 Å². The van der Waals surface area contributed by atoms with E-state index in [1.54, 1.807) is 6.07 Å². The van der Waals surface area contributed by atoms with Gasteiger partial charge >= 0.3 is 0 Å². The molecule has 38 heavy (non-hydrogen) atoms. The summed E-state index contributed by atoms with van der Waals surface area (Å²) in [6.45, 7) is 4.55. The molecule has 4 unspecified atom stereocenters. The summed E-state index contributed by atoms with van der Waals surface area (Å²) >= 11 is 13.1. The number of ketones is 1. The number of carbonyl (C=O) groups is 2. The number of nitrogens with two attached hydrogens (primary N) is 1. The van der Waals surface area contributed by atoms with E-state index >= 15 is 0 Å². The number of carbonyl (C=O) groups excluding carboxylic acids is 2. The average Bonchev–Trinajstić information content (AvgIpc) is 3.45. The van der Waals surface area contributed by atoms with E-state index in [0.717, 1.165) is 30.6 Å². The Balaban J connectivity index is 1.95. The smallest absolute Gasteiger partial charge is 0.236 e. The quantitative estimate of drug-likeness (QED) is 0.416. The maximum Gasteiger partial charge on any atom is 0.236 e. The van der Waals surface area contributed by atoms with Crippen molar-refractivity contribution >= 4 is 34.9 Å². The molecule has 1 amide bonds. The summed E-state index contributed by atoms with van der Waals surface area (Å²) < 4.78 is 0. The van der Waals surface area contributed by atoms with E-state index in [-0.39, 0.29) is 24.3 Å². The molecule has 0 bridgehead atoms. The second-order valence-corrected chi connectivity index (χ2v) is 11.2. The molecule has 0 spiro atoms. The first-order valence-corrected chi connectivity index (χ1v) is 13.9. The van der Waals surface area contributed by atoms with Gasteiger partial charge in [0.25, 0.3) is 0 Å². The molecule has 0 aromatic heterocycles. The highest BCUT2D eigenvalue weighted by atomic mass is 35.5. The van der Waals surface area contributed by atoms with Crippen LogP contribution in [0.1, 0.15) is 30.0 Å². The van der Waals surface area contributed by atoms with Crippen LogP contribution in [0.5, 0.6) is 0 Å². The Morgan fingerprint density at radius 3 is 2.26 bits per heavy atom. The van der Waals surface area contributed by atoms with Gasteiger partial charge in [0.15, 0.2) is 5.78 Å². The zero-order chi connectivity index (χ0) is 26.9. The predicted octanol–water partition coefficient (Wildman–Crippen LogP) is 4.78. The molecule has 5 nitrogen and oxygen atoms in total. The lowest BCUT2D eigenvalue weighted by Crippen LogP contribution is -2.76. The Morgan fingerprint density at radius 2 is 1.68 bits per heavy atom. The number of nitrogens with one attached hydrogen (secondary N) is 1. The largest absolute Gasteiger partial charge is 0.368 e. The molecule has 2 saturated heterocycles. The standard InChI is InChI=1S/C31H33Cl2N3O2/c1-2-36-20-27(37)31(29(34)38,23-11-7-4-8-12-23)30(18-21-9-5-3-6-10-21,28(36)22-15-16-35-19-22)24-13-14-25(32)26(33)17-24/h3-14,17,22,28,35H,2,15-16,18-20H2,1H3,(H2,34,38). The molecule has 0 aliphatic carbocycles. The van der Waals surface area contributed by atoms with Crippen LogP contribution in [0.25, 0.3) is 0 Å². The van der Waals surface area contributed by atoms with Gasteiger partial charge in [0, 0.05) is 11.5 Å². The average molecular weight is 551 g/mol. The van der Waals surface area contributed by atoms with Crippen LogP contribution in [0.15, 0.2) is 78.9 Å².